The van der Waals surface area contributed by atoms with Gasteiger partial charge in [0.05, 0.1) is 20.9 Å². The monoisotopic (exact) mass is 594 g/mol. The van der Waals surface area contributed by atoms with Crippen molar-refractivity contribution in [2.45, 2.75) is 11.3 Å². The first kappa shape index (κ1) is 23.4. The molecule has 2 N–H and O–H groups in total. The molecule has 0 aliphatic carbocycles. The highest BCUT2D eigenvalue weighted by Crippen LogP contribution is 2.28. The molecule has 0 atom stereocenters. The van der Waals surface area contributed by atoms with E-state index in [9.17, 15) is 18.0 Å². The second kappa shape index (κ2) is 10.0. The van der Waals surface area contributed by atoms with Gasteiger partial charge in [-0.3, -0.25) is 15.4 Å². The van der Waals surface area contributed by atoms with Crippen LogP contribution in [0.4, 0.5) is 9.93 Å². The maximum absolute atomic E-state index is 12.4. The van der Waals surface area contributed by atoms with Gasteiger partial charge in [0.15, 0.2) is 15.0 Å². The number of benzene rings is 2. The number of halogens is 1. The van der Waals surface area contributed by atoms with Crippen LogP contribution in [0.5, 0.6) is 0 Å². The van der Waals surface area contributed by atoms with Crippen molar-refractivity contribution in [1.82, 2.24) is 14.9 Å². The number of imide groups is 1. The van der Waals surface area contributed by atoms with E-state index < -0.39 is 21.8 Å². The number of nitrogens with zero attached hydrogens (tertiary/aromatic N) is 2. The molecule has 0 aliphatic rings. The molecule has 0 fully saturated rings. The summed E-state index contributed by atoms with van der Waals surface area (Å²) in [7, 11) is -3.36. The maximum Gasteiger partial charge on any atom is 0.327 e. The van der Waals surface area contributed by atoms with Gasteiger partial charge in [-0.1, -0.05) is 33.9 Å². The van der Waals surface area contributed by atoms with E-state index in [1.807, 2.05) is 29.1 Å². The van der Waals surface area contributed by atoms with Crippen molar-refractivity contribution in [2.75, 3.05) is 15.5 Å². The minimum atomic E-state index is -3.36. The van der Waals surface area contributed by atoms with Crippen LogP contribution in [0.25, 0.3) is 15.9 Å². The van der Waals surface area contributed by atoms with Gasteiger partial charge in [-0.15, -0.1) is 0 Å². The normalized spacial score (nSPS) is 11.4. The van der Waals surface area contributed by atoms with Gasteiger partial charge in [-0.2, -0.15) is 0 Å². The van der Waals surface area contributed by atoms with Crippen LogP contribution < -0.4 is 10.6 Å². The number of hydrogen-bond donors (Lipinski definition) is 2. The first-order chi connectivity index (χ1) is 15.9. The van der Waals surface area contributed by atoms with E-state index in [1.165, 1.54) is 6.07 Å². The number of thiazole rings is 1. The van der Waals surface area contributed by atoms with E-state index in [2.05, 4.69) is 38.2 Å². The van der Waals surface area contributed by atoms with Crippen LogP contribution in [0.3, 0.4) is 0 Å². The largest absolute Gasteiger partial charge is 0.327 e. The minimum absolute atomic E-state index is 0.0856. The van der Waals surface area contributed by atoms with E-state index >= 15 is 0 Å². The average Bonchev–Trinajstić information content (AvgIpc) is 3.47. The fourth-order valence-corrected chi connectivity index (χ4v) is 6.32. The zero-order chi connectivity index (χ0) is 23.4. The first-order valence-corrected chi connectivity index (χ1v) is 13.9. The Morgan fingerprint density at radius 2 is 1.79 bits per heavy atom. The molecule has 8 nitrogen and oxygen atoms in total. The summed E-state index contributed by atoms with van der Waals surface area (Å²) < 4.78 is 28.2. The van der Waals surface area contributed by atoms with Gasteiger partial charge in [-0.25, -0.2) is 18.2 Å². The zero-order valence-corrected chi connectivity index (χ0v) is 21.0. The van der Waals surface area contributed by atoms with Gasteiger partial charge >= 0.3 is 6.03 Å². The molecule has 2 aromatic carbocycles. The Hall–Kier alpha value is -2.77. The van der Waals surface area contributed by atoms with Crippen molar-refractivity contribution in [3.63, 3.8) is 0 Å². The van der Waals surface area contributed by atoms with Crippen LogP contribution in [0.15, 0.2) is 71.9 Å². The molecule has 0 saturated heterocycles. The second-order valence-electron chi connectivity index (χ2n) is 7.06. The topological polar surface area (TPSA) is 110 Å². The molecule has 33 heavy (non-hydrogen) atoms. The molecule has 0 bridgehead atoms. The lowest BCUT2D eigenvalue weighted by Crippen LogP contribution is -2.34. The summed E-state index contributed by atoms with van der Waals surface area (Å²) >= 11 is 3.29. The minimum Gasteiger partial charge on any atom is -0.324 e. The number of anilines is 1. The van der Waals surface area contributed by atoms with Crippen molar-refractivity contribution >= 4 is 71.1 Å². The Bertz CT molecular complexity index is 1400. The molecule has 0 unspecified atom stereocenters. The third-order valence-corrected chi connectivity index (χ3v) is 8.24. The molecule has 3 amide bonds. The predicted molar refractivity (Wildman–Crippen MR) is 137 cm³/mol. The summed E-state index contributed by atoms with van der Waals surface area (Å²) in [6.45, 7) is 0. The molecule has 0 saturated carbocycles. The lowest BCUT2D eigenvalue weighted by molar-refractivity contribution is 0.0967. The van der Waals surface area contributed by atoms with Gasteiger partial charge in [0, 0.05) is 28.1 Å². The highest BCUT2D eigenvalue weighted by Gasteiger charge is 2.17. The quantitative estimate of drug-likeness (QED) is 0.239. The Kier molecular flexibility index (Phi) is 7.10. The molecule has 4 aromatic rings. The molecule has 2 heterocycles. The number of sulfone groups is 1. The average molecular weight is 594 g/mol. The van der Waals surface area contributed by atoms with E-state index in [0.29, 0.717) is 22.2 Å². The number of nitrogens with one attached hydrogen (secondary N) is 2. The van der Waals surface area contributed by atoms with Crippen LogP contribution >= 0.6 is 33.9 Å². The van der Waals surface area contributed by atoms with E-state index in [1.54, 1.807) is 36.4 Å². The third-order valence-electron chi connectivity index (χ3n) is 4.75. The molecule has 0 spiro atoms. The van der Waals surface area contributed by atoms with Crippen LogP contribution in [0.1, 0.15) is 16.8 Å². The summed E-state index contributed by atoms with van der Waals surface area (Å²) in [6, 6.07) is 14.6. The molecule has 0 radical (unpaired) electrons. The Balaban J connectivity index is 1.41. The molecule has 170 valence electrons. The maximum atomic E-state index is 12.4. The number of urea groups is 1. The van der Waals surface area contributed by atoms with Gasteiger partial charge in [0.2, 0.25) is 0 Å². The lowest BCUT2D eigenvalue weighted by atomic mass is 10.2. The van der Waals surface area contributed by atoms with Crippen molar-refractivity contribution in [1.29, 1.82) is 0 Å². The number of carbonyl (C=O) groups excluding carboxylic acids is 2. The van der Waals surface area contributed by atoms with E-state index in [-0.39, 0.29) is 15.8 Å². The zero-order valence-electron chi connectivity index (χ0n) is 17.2. The third kappa shape index (κ3) is 5.60. The molecule has 2 aromatic heterocycles. The number of rotatable bonds is 7. The van der Waals surface area contributed by atoms with E-state index in [4.69, 9.17) is 0 Å². The van der Waals surface area contributed by atoms with Crippen molar-refractivity contribution < 1.29 is 18.0 Å². The second-order valence-corrected chi connectivity index (χ2v) is 11.3. The SMILES string of the molecule is O=C(NC(=O)c1ccc(-n2cccc2)cc1)Nc1nc2ccc(S(=O)(=O)CCCI)cc2s1. The van der Waals surface area contributed by atoms with E-state index in [0.717, 1.165) is 21.5 Å². The molecule has 11 heteroatoms. The number of fused-ring (bicyclic) bond motifs is 1. The standard InChI is InChI=1S/C22H19IN4O4S2/c23-10-3-13-33(30,31)17-8-9-18-19(14-17)32-22(24-18)26-21(29)25-20(28)15-4-6-16(7-5-15)27-11-1-2-12-27/h1-2,4-9,11-12,14H,3,10,13H2,(H2,24,25,26,28,29). The Morgan fingerprint density at radius 3 is 2.48 bits per heavy atom. The van der Waals surface area contributed by atoms with Gasteiger partial charge in [0.1, 0.15) is 0 Å². The smallest absolute Gasteiger partial charge is 0.324 e. The van der Waals surface area contributed by atoms with Crippen molar-refractivity contribution in [3.05, 3.63) is 72.6 Å². The Labute approximate surface area is 208 Å². The Morgan fingerprint density at radius 1 is 1.06 bits per heavy atom. The molecular weight excluding hydrogens is 575 g/mol. The van der Waals surface area contributed by atoms with Crippen LogP contribution in [-0.2, 0) is 9.84 Å². The summed E-state index contributed by atoms with van der Waals surface area (Å²) in [4.78, 5) is 29.2. The number of hydrogen-bond acceptors (Lipinski definition) is 6. The van der Waals surface area contributed by atoms with Crippen LogP contribution in [0.2, 0.25) is 0 Å². The number of aromatic nitrogens is 2. The van der Waals surface area contributed by atoms with Crippen LogP contribution in [0, 0.1) is 0 Å². The first-order valence-electron chi connectivity index (χ1n) is 9.91. The predicted octanol–water partition coefficient (Wildman–Crippen LogP) is 4.65. The number of carbonyl (C=O) groups is 2. The molecule has 0 aliphatic heterocycles. The van der Waals surface area contributed by atoms with Gasteiger partial charge in [-0.05, 0) is 61.0 Å². The van der Waals surface area contributed by atoms with Gasteiger partial charge < -0.3 is 4.57 Å². The number of amides is 3. The fraction of sp³-hybridized carbons (Fsp3) is 0.136. The summed E-state index contributed by atoms with van der Waals surface area (Å²) in [5, 5.41) is 5.08. The highest BCUT2D eigenvalue weighted by molar-refractivity contribution is 14.1. The lowest BCUT2D eigenvalue weighted by Gasteiger charge is -2.06. The molecular formula is C22H19IN4O4S2. The van der Waals surface area contributed by atoms with Crippen molar-refractivity contribution in [3.8, 4) is 5.69 Å². The fourth-order valence-electron chi connectivity index (χ4n) is 3.11. The van der Waals surface area contributed by atoms with Gasteiger partial charge in [0.25, 0.3) is 5.91 Å². The highest BCUT2D eigenvalue weighted by atomic mass is 127. The van der Waals surface area contributed by atoms with Crippen molar-refractivity contribution in [2.24, 2.45) is 0 Å². The van der Waals surface area contributed by atoms with Crippen LogP contribution in [-0.4, -0.2) is 40.1 Å². The summed E-state index contributed by atoms with van der Waals surface area (Å²) in [5.74, 6) is -0.459. The molecule has 4 rings (SSSR count). The number of alkyl halides is 1. The summed E-state index contributed by atoms with van der Waals surface area (Å²) in [6.07, 6.45) is 4.37. The summed E-state index contributed by atoms with van der Waals surface area (Å²) in [5.41, 5.74) is 1.80.